The van der Waals surface area contributed by atoms with Crippen LogP contribution in [0.15, 0.2) is 24.3 Å². The summed E-state index contributed by atoms with van der Waals surface area (Å²) >= 11 is 0. The predicted molar refractivity (Wildman–Crippen MR) is 69.6 cm³/mol. The van der Waals surface area contributed by atoms with Crippen LogP contribution in [0.4, 0.5) is 0 Å². The van der Waals surface area contributed by atoms with E-state index in [1.54, 1.807) is 0 Å². The minimum Gasteiger partial charge on any atom is -0.308 e. The molecule has 2 rings (SSSR count). The van der Waals surface area contributed by atoms with Crippen molar-refractivity contribution >= 4 is 0 Å². The van der Waals surface area contributed by atoms with Crippen LogP contribution in [0, 0.1) is 6.92 Å². The molecule has 0 atom stereocenters. The number of hydrogen-bond acceptors (Lipinski definition) is 1. The van der Waals surface area contributed by atoms with Gasteiger partial charge in [-0.05, 0) is 37.4 Å². The lowest BCUT2D eigenvalue weighted by atomic mass is 9.75. The van der Waals surface area contributed by atoms with Crippen molar-refractivity contribution in [2.45, 2.75) is 51.5 Å². The monoisotopic (exact) mass is 217 g/mol. The average molecular weight is 217 g/mol. The van der Waals surface area contributed by atoms with E-state index in [0.717, 1.165) is 6.54 Å². The summed E-state index contributed by atoms with van der Waals surface area (Å²) in [5.74, 6) is 0. The van der Waals surface area contributed by atoms with E-state index in [2.05, 4.69) is 43.4 Å². The Hall–Kier alpha value is -0.820. The summed E-state index contributed by atoms with van der Waals surface area (Å²) in [6, 6.07) is 8.86. The van der Waals surface area contributed by atoms with Crippen molar-refractivity contribution in [3.05, 3.63) is 35.4 Å². The zero-order valence-electron chi connectivity index (χ0n) is 10.6. The van der Waals surface area contributed by atoms with Crippen LogP contribution in [-0.2, 0) is 5.54 Å². The number of aryl methyl sites for hydroxylation is 1. The highest BCUT2D eigenvalue weighted by molar-refractivity contribution is 5.33. The Labute approximate surface area is 99.3 Å². The van der Waals surface area contributed by atoms with Crippen LogP contribution in [0.5, 0.6) is 0 Å². The normalized spacial score (nSPS) is 19.6. The van der Waals surface area contributed by atoms with Crippen molar-refractivity contribution in [1.82, 2.24) is 5.32 Å². The lowest BCUT2D eigenvalue weighted by Gasteiger charge is -2.39. The maximum atomic E-state index is 3.76. The fraction of sp³-hybridized carbons (Fsp3) is 0.600. The van der Waals surface area contributed by atoms with Gasteiger partial charge in [-0.25, -0.2) is 0 Å². The van der Waals surface area contributed by atoms with E-state index in [1.807, 2.05) is 0 Å². The molecule has 1 saturated carbocycles. The summed E-state index contributed by atoms with van der Waals surface area (Å²) in [5, 5.41) is 3.76. The zero-order chi connectivity index (χ0) is 11.4. The molecule has 1 N–H and O–H groups in total. The topological polar surface area (TPSA) is 12.0 Å². The summed E-state index contributed by atoms with van der Waals surface area (Å²) in [4.78, 5) is 0. The van der Waals surface area contributed by atoms with Crippen molar-refractivity contribution in [2.75, 3.05) is 6.54 Å². The first kappa shape index (κ1) is 11.7. The summed E-state index contributed by atoms with van der Waals surface area (Å²) in [6.07, 6.45) is 6.72. The Morgan fingerprint density at radius 1 is 1.12 bits per heavy atom. The lowest BCUT2D eigenvalue weighted by Crippen LogP contribution is -2.44. The Balaban J connectivity index is 2.34. The van der Waals surface area contributed by atoms with Crippen LogP contribution in [0.25, 0.3) is 0 Å². The third-order valence-corrected chi connectivity index (χ3v) is 3.88. The van der Waals surface area contributed by atoms with Gasteiger partial charge in [-0.2, -0.15) is 0 Å². The quantitative estimate of drug-likeness (QED) is 0.812. The van der Waals surface area contributed by atoms with Gasteiger partial charge in [-0.3, -0.25) is 0 Å². The van der Waals surface area contributed by atoms with Gasteiger partial charge in [0.05, 0.1) is 0 Å². The summed E-state index contributed by atoms with van der Waals surface area (Å²) in [7, 11) is 0. The molecular weight excluding hydrogens is 194 g/mol. The van der Waals surface area contributed by atoms with Crippen molar-refractivity contribution in [3.8, 4) is 0 Å². The molecule has 1 nitrogen and oxygen atoms in total. The highest BCUT2D eigenvalue weighted by atomic mass is 15.0. The van der Waals surface area contributed by atoms with E-state index >= 15 is 0 Å². The van der Waals surface area contributed by atoms with E-state index in [9.17, 15) is 0 Å². The van der Waals surface area contributed by atoms with Crippen molar-refractivity contribution < 1.29 is 0 Å². The second-order valence-corrected chi connectivity index (χ2v) is 4.99. The van der Waals surface area contributed by atoms with Gasteiger partial charge in [-0.1, -0.05) is 50.5 Å². The minimum atomic E-state index is 0.262. The van der Waals surface area contributed by atoms with E-state index in [0.29, 0.717) is 0 Å². The Kier molecular flexibility index (Phi) is 3.65. The molecule has 1 aromatic carbocycles. The molecule has 88 valence electrons. The predicted octanol–water partition coefficient (Wildman–Crippen LogP) is 3.76. The third kappa shape index (κ3) is 2.15. The first-order valence-corrected chi connectivity index (χ1v) is 6.60. The van der Waals surface area contributed by atoms with E-state index in [1.165, 1.54) is 43.2 Å². The minimum absolute atomic E-state index is 0.262. The van der Waals surface area contributed by atoms with E-state index in [4.69, 9.17) is 0 Å². The lowest BCUT2D eigenvalue weighted by molar-refractivity contribution is 0.237. The van der Waals surface area contributed by atoms with Crippen LogP contribution in [-0.4, -0.2) is 6.54 Å². The number of benzene rings is 1. The van der Waals surface area contributed by atoms with Crippen molar-refractivity contribution in [1.29, 1.82) is 0 Å². The molecule has 0 amide bonds. The molecule has 0 bridgehead atoms. The molecule has 0 unspecified atom stereocenters. The number of nitrogens with one attached hydrogen (secondary N) is 1. The van der Waals surface area contributed by atoms with Crippen molar-refractivity contribution in [2.24, 2.45) is 0 Å². The second-order valence-electron chi connectivity index (χ2n) is 4.99. The molecule has 1 aliphatic carbocycles. The molecule has 1 fully saturated rings. The van der Waals surface area contributed by atoms with Crippen LogP contribution in [0.1, 0.15) is 50.2 Å². The third-order valence-electron chi connectivity index (χ3n) is 3.88. The highest BCUT2D eigenvalue weighted by Gasteiger charge is 2.33. The molecule has 1 aliphatic rings. The summed E-state index contributed by atoms with van der Waals surface area (Å²) in [6.45, 7) is 5.52. The molecule has 16 heavy (non-hydrogen) atoms. The van der Waals surface area contributed by atoms with Crippen LogP contribution in [0.3, 0.4) is 0 Å². The molecule has 0 saturated heterocycles. The molecule has 0 aromatic heterocycles. The smallest absolute Gasteiger partial charge is 0.0437 e. The van der Waals surface area contributed by atoms with Gasteiger partial charge in [0.2, 0.25) is 0 Å². The van der Waals surface area contributed by atoms with Gasteiger partial charge in [0, 0.05) is 5.54 Å². The van der Waals surface area contributed by atoms with E-state index in [-0.39, 0.29) is 5.54 Å². The van der Waals surface area contributed by atoms with Gasteiger partial charge in [0.15, 0.2) is 0 Å². The van der Waals surface area contributed by atoms with Crippen LogP contribution < -0.4 is 5.32 Å². The summed E-state index contributed by atoms with van der Waals surface area (Å²) < 4.78 is 0. The maximum Gasteiger partial charge on any atom is 0.0437 e. The Bertz CT molecular complexity index is 332. The van der Waals surface area contributed by atoms with Gasteiger partial charge in [-0.15, -0.1) is 0 Å². The van der Waals surface area contributed by atoms with Crippen LogP contribution in [0.2, 0.25) is 0 Å². The number of rotatable bonds is 3. The number of hydrogen-bond donors (Lipinski definition) is 1. The maximum absolute atomic E-state index is 3.76. The highest BCUT2D eigenvalue weighted by Crippen LogP contribution is 2.38. The fourth-order valence-corrected chi connectivity index (χ4v) is 3.14. The molecule has 1 heteroatoms. The first-order valence-electron chi connectivity index (χ1n) is 6.60. The van der Waals surface area contributed by atoms with Gasteiger partial charge in [0.1, 0.15) is 0 Å². The average Bonchev–Trinajstić information content (AvgIpc) is 2.31. The first-order chi connectivity index (χ1) is 7.78. The second kappa shape index (κ2) is 5.01. The largest absolute Gasteiger partial charge is 0.308 e. The van der Waals surface area contributed by atoms with Gasteiger partial charge < -0.3 is 5.32 Å². The molecule has 1 aromatic rings. The van der Waals surface area contributed by atoms with Crippen molar-refractivity contribution in [3.63, 3.8) is 0 Å². The van der Waals surface area contributed by atoms with Crippen LogP contribution >= 0.6 is 0 Å². The molecule has 0 spiro atoms. The zero-order valence-corrected chi connectivity index (χ0v) is 10.6. The Morgan fingerprint density at radius 2 is 1.81 bits per heavy atom. The molecule has 0 heterocycles. The molecule has 0 radical (unpaired) electrons. The van der Waals surface area contributed by atoms with Gasteiger partial charge in [0.25, 0.3) is 0 Å². The fourth-order valence-electron chi connectivity index (χ4n) is 3.14. The summed E-state index contributed by atoms with van der Waals surface area (Å²) in [5.41, 5.74) is 3.22. The van der Waals surface area contributed by atoms with E-state index < -0.39 is 0 Å². The SMILES string of the molecule is CCNC1(c2ccccc2C)CCCCC1. The Morgan fingerprint density at radius 3 is 2.44 bits per heavy atom. The molecule has 0 aliphatic heterocycles. The standard InChI is InChI=1S/C15H23N/c1-3-16-15(11-7-4-8-12-15)14-10-6-5-9-13(14)2/h5-6,9-10,16H,3-4,7-8,11-12H2,1-2H3. The molecular formula is C15H23N. The van der Waals surface area contributed by atoms with Gasteiger partial charge >= 0.3 is 0 Å².